The van der Waals surface area contributed by atoms with E-state index in [9.17, 15) is 9.90 Å². The fraction of sp³-hybridized carbons (Fsp3) is 0.467. The van der Waals surface area contributed by atoms with Crippen LogP contribution in [0.4, 0.5) is 0 Å². The van der Waals surface area contributed by atoms with E-state index in [1.807, 2.05) is 18.2 Å². The Morgan fingerprint density at radius 1 is 1.47 bits per heavy atom. The molecule has 0 spiro atoms. The van der Waals surface area contributed by atoms with Crippen LogP contribution in [0, 0.1) is 0 Å². The monoisotopic (exact) mass is 260 g/mol. The minimum absolute atomic E-state index is 0.106. The van der Waals surface area contributed by atoms with Gasteiger partial charge in [-0.3, -0.25) is 9.78 Å². The van der Waals surface area contributed by atoms with Crippen LogP contribution in [0.2, 0.25) is 0 Å². The van der Waals surface area contributed by atoms with Gasteiger partial charge in [-0.2, -0.15) is 0 Å². The molecule has 1 amide bonds. The van der Waals surface area contributed by atoms with Crippen molar-refractivity contribution in [2.45, 2.75) is 31.3 Å². The molecule has 1 heterocycles. The maximum Gasteiger partial charge on any atom is 0.246 e. The van der Waals surface area contributed by atoms with Crippen LogP contribution in [0.5, 0.6) is 0 Å². The van der Waals surface area contributed by atoms with Crippen molar-refractivity contribution in [2.75, 3.05) is 13.6 Å². The van der Waals surface area contributed by atoms with E-state index in [0.717, 1.165) is 31.4 Å². The van der Waals surface area contributed by atoms with Gasteiger partial charge in [-0.15, -0.1) is 0 Å². The molecule has 102 valence electrons. The summed E-state index contributed by atoms with van der Waals surface area (Å²) in [5.74, 6) is -0.106. The zero-order valence-electron chi connectivity index (χ0n) is 11.2. The van der Waals surface area contributed by atoms with E-state index < -0.39 is 5.60 Å². The Morgan fingerprint density at radius 2 is 2.21 bits per heavy atom. The molecule has 0 radical (unpaired) electrons. The number of pyridine rings is 1. The molecule has 1 aliphatic carbocycles. The molecular weight excluding hydrogens is 240 g/mol. The topological polar surface area (TPSA) is 53.4 Å². The summed E-state index contributed by atoms with van der Waals surface area (Å²) in [4.78, 5) is 17.6. The van der Waals surface area contributed by atoms with Gasteiger partial charge in [0.1, 0.15) is 0 Å². The summed E-state index contributed by atoms with van der Waals surface area (Å²) in [6.45, 7) is 0.401. The largest absolute Gasteiger partial charge is 0.388 e. The first-order chi connectivity index (χ1) is 9.09. The molecule has 0 unspecified atom stereocenters. The van der Waals surface area contributed by atoms with Crippen LogP contribution in [-0.4, -0.2) is 40.1 Å². The maximum atomic E-state index is 11.9. The van der Waals surface area contributed by atoms with Crippen molar-refractivity contribution in [1.82, 2.24) is 9.88 Å². The molecule has 1 N–H and O–H groups in total. The zero-order valence-corrected chi connectivity index (χ0v) is 11.2. The molecular formula is C15H20N2O2. The van der Waals surface area contributed by atoms with Crippen LogP contribution in [0.3, 0.4) is 0 Å². The zero-order chi connectivity index (χ0) is 13.7. The number of rotatable bonds is 4. The van der Waals surface area contributed by atoms with Gasteiger partial charge < -0.3 is 10.0 Å². The van der Waals surface area contributed by atoms with Crippen LogP contribution in [0.15, 0.2) is 30.5 Å². The first-order valence-electron chi connectivity index (χ1n) is 6.66. The van der Waals surface area contributed by atoms with E-state index in [4.69, 9.17) is 0 Å². The van der Waals surface area contributed by atoms with E-state index in [2.05, 4.69) is 4.98 Å². The number of aliphatic hydroxyl groups is 1. The molecule has 0 aliphatic heterocycles. The number of hydrogen-bond donors (Lipinski definition) is 1. The highest BCUT2D eigenvalue weighted by Gasteiger charge is 2.32. The molecule has 1 saturated carbocycles. The van der Waals surface area contributed by atoms with Crippen molar-refractivity contribution in [3.05, 3.63) is 36.2 Å². The highest BCUT2D eigenvalue weighted by molar-refractivity contribution is 5.91. The van der Waals surface area contributed by atoms with Crippen molar-refractivity contribution in [1.29, 1.82) is 0 Å². The number of amides is 1. The quantitative estimate of drug-likeness (QED) is 0.841. The summed E-state index contributed by atoms with van der Waals surface area (Å²) in [6, 6.07) is 5.55. The van der Waals surface area contributed by atoms with Gasteiger partial charge in [0.15, 0.2) is 0 Å². The fourth-order valence-corrected chi connectivity index (χ4v) is 2.47. The van der Waals surface area contributed by atoms with Crippen LogP contribution in [-0.2, 0) is 4.79 Å². The number of carbonyl (C=O) groups excluding carboxylic acids is 1. The first-order valence-corrected chi connectivity index (χ1v) is 6.66. The highest BCUT2D eigenvalue weighted by atomic mass is 16.3. The summed E-state index contributed by atoms with van der Waals surface area (Å²) in [6.07, 6.45) is 8.54. The number of aromatic nitrogens is 1. The maximum absolute atomic E-state index is 11.9. The Balaban J connectivity index is 1.90. The van der Waals surface area contributed by atoms with Crippen LogP contribution >= 0.6 is 0 Å². The molecule has 0 aromatic carbocycles. The van der Waals surface area contributed by atoms with Gasteiger partial charge in [0.2, 0.25) is 5.91 Å². The van der Waals surface area contributed by atoms with Crippen LogP contribution in [0.1, 0.15) is 31.4 Å². The first kappa shape index (κ1) is 13.7. The molecule has 1 aliphatic rings. The summed E-state index contributed by atoms with van der Waals surface area (Å²) in [7, 11) is 1.72. The van der Waals surface area contributed by atoms with Gasteiger partial charge in [0, 0.05) is 25.9 Å². The van der Waals surface area contributed by atoms with Gasteiger partial charge in [0.25, 0.3) is 0 Å². The highest BCUT2D eigenvalue weighted by Crippen LogP contribution is 2.29. The molecule has 1 aromatic heterocycles. The minimum atomic E-state index is -0.691. The van der Waals surface area contributed by atoms with E-state index in [1.54, 1.807) is 24.2 Å². The number of nitrogens with zero attached hydrogens (tertiary/aromatic N) is 2. The lowest BCUT2D eigenvalue weighted by Crippen LogP contribution is -2.41. The van der Waals surface area contributed by atoms with Crippen LogP contribution in [0.25, 0.3) is 6.08 Å². The lowest BCUT2D eigenvalue weighted by Gasteiger charge is -2.27. The van der Waals surface area contributed by atoms with Crippen LogP contribution < -0.4 is 0 Å². The van der Waals surface area contributed by atoms with Crippen molar-refractivity contribution in [3.63, 3.8) is 0 Å². The molecule has 4 nitrogen and oxygen atoms in total. The van der Waals surface area contributed by atoms with E-state index in [-0.39, 0.29) is 5.91 Å². The van der Waals surface area contributed by atoms with Gasteiger partial charge >= 0.3 is 0 Å². The third-order valence-electron chi connectivity index (χ3n) is 3.53. The Morgan fingerprint density at radius 3 is 2.84 bits per heavy atom. The van der Waals surface area contributed by atoms with E-state index in [1.165, 1.54) is 6.08 Å². The van der Waals surface area contributed by atoms with Gasteiger partial charge in [-0.1, -0.05) is 18.9 Å². The van der Waals surface area contributed by atoms with E-state index >= 15 is 0 Å². The van der Waals surface area contributed by atoms with E-state index in [0.29, 0.717) is 6.54 Å². The van der Waals surface area contributed by atoms with Gasteiger partial charge in [0.05, 0.1) is 11.3 Å². The normalized spacial score (nSPS) is 17.8. The Kier molecular flexibility index (Phi) is 4.32. The van der Waals surface area contributed by atoms with Crippen molar-refractivity contribution in [2.24, 2.45) is 0 Å². The van der Waals surface area contributed by atoms with Crippen molar-refractivity contribution < 1.29 is 9.90 Å². The Bertz CT molecular complexity index is 450. The summed E-state index contributed by atoms with van der Waals surface area (Å²) in [5.41, 5.74) is 0.0623. The molecule has 0 bridgehead atoms. The fourth-order valence-electron chi connectivity index (χ4n) is 2.47. The molecule has 0 saturated heterocycles. The van der Waals surface area contributed by atoms with Crippen molar-refractivity contribution in [3.8, 4) is 0 Å². The lowest BCUT2D eigenvalue weighted by atomic mass is 10.0. The summed E-state index contributed by atoms with van der Waals surface area (Å²) >= 11 is 0. The predicted octanol–water partition coefficient (Wildman–Crippen LogP) is 1.86. The standard InChI is InChI=1S/C15H20N2O2/c1-17(12-15(19)9-3-4-10-15)14(18)8-7-13-6-2-5-11-16-13/h2,5-8,11,19H,3-4,9-10,12H2,1H3/b8-7+. The smallest absolute Gasteiger partial charge is 0.246 e. The Labute approximate surface area is 113 Å². The second kappa shape index (κ2) is 5.97. The average molecular weight is 260 g/mol. The molecule has 2 rings (SSSR count). The SMILES string of the molecule is CN(CC1(O)CCCC1)C(=O)/C=C/c1ccccn1. The molecule has 1 fully saturated rings. The molecule has 4 heteroatoms. The lowest BCUT2D eigenvalue weighted by molar-refractivity contribution is -0.127. The van der Waals surface area contributed by atoms with Gasteiger partial charge in [-0.25, -0.2) is 0 Å². The summed E-state index contributed by atoms with van der Waals surface area (Å²) < 4.78 is 0. The molecule has 1 aromatic rings. The average Bonchev–Trinajstić information content (AvgIpc) is 2.83. The predicted molar refractivity (Wildman–Crippen MR) is 74.3 cm³/mol. The number of hydrogen-bond acceptors (Lipinski definition) is 3. The number of carbonyl (C=O) groups is 1. The molecule has 19 heavy (non-hydrogen) atoms. The second-order valence-corrected chi connectivity index (χ2v) is 5.21. The third-order valence-corrected chi connectivity index (χ3v) is 3.53. The second-order valence-electron chi connectivity index (χ2n) is 5.21. The Hall–Kier alpha value is -1.68. The number of likely N-dealkylation sites (N-methyl/N-ethyl adjacent to an activating group) is 1. The minimum Gasteiger partial charge on any atom is -0.388 e. The van der Waals surface area contributed by atoms with Gasteiger partial charge in [-0.05, 0) is 31.1 Å². The third kappa shape index (κ3) is 3.89. The van der Waals surface area contributed by atoms with Crippen molar-refractivity contribution >= 4 is 12.0 Å². The molecule has 0 atom stereocenters. The summed E-state index contributed by atoms with van der Waals surface area (Å²) in [5, 5.41) is 10.3.